The molecule has 108 valence electrons. The molecule has 0 amide bonds. The van der Waals surface area contributed by atoms with Crippen molar-refractivity contribution in [1.29, 1.82) is 0 Å². The fraction of sp³-hybridized carbons (Fsp3) is 0.714. The van der Waals surface area contributed by atoms with Gasteiger partial charge in [0.2, 0.25) is 0 Å². The summed E-state index contributed by atoms with van der Waals surface area (Å²) in [5, 5.41) is 3.23. The highest BCUT2D eigenvalue weighted by Gasteiger charge is 2.22. The molecule has 0 radical (unpaired) electrons. The summed E-state index contributed by atoms with van der Waals surface area (Å²) in [4.78, 5) is 2.57. The van der Waals surface area contributed by atoms with Crippen molar-refractivity contribution in [2.45, 2.75) is 39.2 Å². The van der Waals surface area contributed by atoms with E-state index in [0.29, 0.717) is 18.2 Å². The third-order valence-electron chi connectivity index (χ3n) is 3.65. The fourth-order valence-electron chi connectivity index (χ4n) is 2.64. The maximum Gasteiger partial charge on any atom is 0.151 e. The molecule has 5 heteroatoms. The van der Waals surface area contributed by atoms with Gasteiger partial charge in [-0.25, -0.2) is 8.42 Å². The van der Waals surface area contributed by atoms with Crippen molar-refractivity contribution in [3.63, 3.8) is 0 Å². The Morgan fingerprint density at radius 1 is 1.32 bits per heavy atom. The van der Waals surface area contributed by atoms with Gasteiger partial charge in [-0.1, -0.05) is 12.8 Å². The summed E-state index contributed by atoms with van der Waals surface area (Å²) in [6.45, 7) is 3.42. The molecule has 0 spiro atoms. The van der Waals surface area contributed by atoms with Gasteiger partial charge < -0.3 is 5.32 Å². The minimum Gasteiger partial charge on any atom is -0.311 e. The number of nitrogens with one attached hydrogen (secondary N) is 1. The van der Waals surface area contributed by atoms with Crippen molar-refractivity contribution >= 4 is 21.2 Å². The van der Waals surface area contributed by atoms with E-state index in [1.807, 2.05) is 0 Å². The van der Waals surface area contributed by atoms with Crippen molar-refractivity contribution < 1.29 is 8.42 Å². The maximum atomic E-state index is 12.0. The first-order valence-corrected chi connectivity index (χ1v) is 9.65. The first-order chi connectivity index (χ1) is 9.05. The molecule has 1 aliphatic rings. The number of sulfone groups is 1. The molecule has 19 heavy (non-hydrogen) atoms. The Bertz CT molecular complexity index is 487. The van der Waals surface area contributed by atoms with Gasteiger partial charge in [0.15, 0.2) is 9.84 Å². The lowest BCUT2D eigenvalue weighted by Crippen LogP contribution is -2.25. The average molecular weight is 301 g/mol. The van der Waals surface area contributed by atoms with Crippen molar-refractivity contribution in [2.24, 2.45) is 5.92 Å². The molecule has 2 rings (SSSR count). The predicted molar refractivity (Wildman–Crippen MR) is 81.4 cm³/mol. The van der Waals surface area contributed by atoms with Crippen molar-refractivity contribution in [2.75, 3.05) is 18.1 Å². The molecule has 1 aromatic heterocycles. The lowest BCUT2D eigenvalue weighted by molar-refractivity contribution is 0.556. The number of thiophene rings is 1. The molecule has 1 N–H and O–H groups in total. The van der Waals surface area contributed by atoms with E-state index in [-0.39, 0.29) is 5.75 Å². The molecule has 0 aliphatic heterocycles. The van der Waals surface area contributed by atoms with E-state index in [2.05, 4.69) is 24.4 Å². The van der Waals surface area contributed by atoms with Crippen LogP contribution in [0.25, 0.3) is 0 Å². The molecule has 3 nitrogen and oxygen atoms in total. The van der Waals surface area contributed by atoms with Gasteiger partial charge in [-0.05, 0) is 37.8 Å². The number of hydrogen-bond donors (Lipinski definition) is 1. The van der Waals surface area contributed by atoms with Crippen LogP contribution in [0.1, 0.15) is 35.4 Å². The molecular formula is C14H23NO2S2. The maximum absolute atomic E-state index is 12.0. The minimum atomic E-state index is -2.87. The third-order valence-corrected chi connectivity index (χ3v) is 6.46. The van der Waals surface area contributed by atoms with Gasteiger partial charge in [0.25, 0.3) is 0 Å². The summed E-state index contributed by atoms with van der Waals surface area (Å²) < 4.78 is 23.9. The highest BCUT2D eigenvalue weighted by molar-refractivity contribution is 7.91. The SMILES string of the molecule is Cc1ccc(CNCCS(=O)(=O)CC2CCCC2)s1. The Labute approximate surface area is 120 Å². The monoisotopic (exact) mass is 301 g/mol. The topological polar surface area (TPSA) is 46.2 Å². The summed E-state index contributed by atoms with van der Waals surface area (Å²) in [6.07, 6.45) is 4.61. The van der Waals surface area contributed by atoms with Gasteiger partial charge >= 0.3 is 0 Å². The highest BCUT2D eigenvalue weighted by atomic mass is 32.2. The average Bonchev–Trinajstić information content (AvgIpc) is 2.96. The lowest BCUT2D eigenvalue weighted by Gasteiger charge is -2.10. The Kier molecular flexibility index (Phi) is 5.42. The van der Waals surface area contributed by atoms with Crippen molar-refractivity contribution in [1.82, 2.24) is 5.32 Å². The van der Waals surface area contributed by atoms with Gasteiger partial charge in [0.1, 0.15) is 0 Å². The smallest absolute Gasteiger partial charge is 0.151 e. The van der Waals surface area contributed by atoms with Crippen LogP contribution >= 0.6 is 11.3 Å². The van der Waals surface area contributed by atoms with Crippen LogP contribution in [0.5, 0.6) is 0 Å². The van der Waals surface area contributed by atoms with Crippen LogP contribution in [0.3, 0.4) is 0 Å². The van der Waals surface area contributed by atoms with E-state index < -0.39 is 9.84 Å². The molecule has 1 aromatic rings. The number of hydrogen-bond acceptors (Lipinski definition) is 4. The van der Waals surface area contributed by atoms with Gasteiger partial charge in [-0.15, -0.1) is 11.3 Å². The summed E-state index contributed by atoms with van der Waals surface area (Å²) in [5.74, 6) is 1.09. The quantitative estimate of drug-likeness (QED) is 0.788. The predicted octanol–water partition coefficient (Wildman–Crippen LogP) is 2.75. The molecular weight excluding hydrogens is 278 g/mol. The van der Waals surface area contributed by atoms with Crippen LogP contribution in [0.15, 0.2) is 12.1 Å². The molecule has 1 fully saturated rings. The van der Waals surface area contributed by atoms with Crippen LogP contribution in [-0.4, -0.2) is 26.5 Å². The molecule has 1 heterocycles. The molecule has 0 saturated heterocycles. The first kappa shape index (κ1) is 15.0. The number of aryl methyl sites for hydroxylation is 1. The molecule has 0 aromatic carbocycles. The Morgan fingerprint density at radius 2 is 2.05 bits per heavy atom. The number of rotatable bonds is 7. The Hall–Kier alpha value is -0.390. The van der Waals surface area contributed by atoms with E-state index in [0.717, 1.165) is 19.4 Å². The van der Waals surface area contributed by atoms with E-state index >= 15 is 0 Å². The summed E-state index contributed by atoms with van der Waals surface area (Å²) >= 11 is 1.76. The van der Waals surface area contributed by atoms with Crippen LogP contribution < -0.4 is 5.32 Å². The standard InChI is InChI=1S/C14H23NO2S2/c1-12-6-7-14(18-12)10-15-8-9-19(16,17)11-13-4-2-3-5-13/h6-7,13,15H,2-5,8-11H2,1H3. The highest BCUT2D eigenvalue weighted by Crippen LogP contribution is 2.26. The second-order valence-corrected chi connectivity index (χ2v) is 9.06. The molecule has 0 bridgehead atoms. The normalized spacial score (nSPS) is 17.1. The van der Waals surface area contributed by atoms with Gasteiger partial charge in [0.05, 0.1) is 11.5 Å². The van der Waals surface area contributed by atoms with Crippen molar-refractivity contribution in [3.8, 4) is 0 Å². The molecule has 0 unspecified atom stereocenters. The summed E-state index contributed by atoms with van der Waals surface area (Å²) in [7, 11) is -2.87. The Morgan fingerprint density at radius 3 is 2.68 bits per heavy atom. The third kappa shape index (κ3) is 5.24. The molecule has 1 aliphatic carbocycles. The summed E-state index contributed by atoms with van der Waals surface area (Å²) in [6, 6.07) is 4.19. The second-order valence-electron chi connectivity index (χ2n) is 5.45. The van der Waals surface area contributed by atoms with Gasteiger partial charge in [0, 0.05) is 22.8 Å². The molecule has 1 saturated carbocycles. The fourth-order valence-corrected chi connectivity index (χ4v) is 5.17. The zero-order valence-electron chi connectivity index (χ0n) is 11.5. The van der Waals surface area contributed by atoms with E-state index in [1.54, 1.807) is 11.3 Å². The van der Waals surface area contributed by atoms with E-state index in [9.17, 15) is 8.42 Å². The zero-order chi connectivity index (χ0) is 13.7. The van der Waals surface area contributed by atoms with Crippen LogP contribution in [-0.2, 0) is 16.4 Å². The molecule has 0 atom stereocenters. The van der Waals surface area contributed by atoms with Gasteiger partial charge in [-0.2, -0.15) is 0 Å². The second kappa shape index (κ2) is 6.86. The van der Waals surface area contributed by atoms with Crippen LogP contribution in [0.4, 0.5) is 0 Å². The van der Waals surface area contributed by atoms with E-state index in [4.69, 9.17) is 0 Å². The lowest BCUT2D eigenvalue weighted by atomic mass is 10.1. The van der Waals surface area contributed by atoms with Crippen LogP contribution in [0, 0.1) is 12.8 Å². The summed E-state index contributed by atoms with van der Waals surface area (Å²) in [5.41, 5.74) is 0. The zero-order valence-corrected chi connectivity index (χ0v) is 13.2. The van der Waals surface area contributed by atoms with Gasteiger partial charge in [-0.3, -0.25) is 0 Å². The Balaban J connectivity index is 1.66. The minimum absolute atomic E-state index is 0.272. The van der Waals surface area contributed by atoms with Crippen molar-refractivity contribution in [3.05, 3.63) is 21.9 Å². The van der Waals surface area contributed by atoms with E-state index in [1.165, 1.54) is 22.6 Å². The van der Waals surface area contributed by atoms with Crippen LogP contribution in [0.2, 0.25) is 0 Å². The first-order valence-electron chi connectivity index (χ1n) is 7.02. The largest absolute Gasteiger partial charge is 0.311 e.